The maximum Gasteiger partial charge on any atom is 0.322 e. The van der Waals surface area contributed by atoms with E-state index in [1.807, 2.05) is 54.8 Å². The Labute approximate surface area is 206 Å². The van der Waals surface area contributed by atoms with Crippen LogP contribution in [0.4, 0.5) is 4.79 Å². The zero-order valence-electron chi connectivity index (χ0n) is 19.0. The highest BCUT2D eigenvalue weighted by atomic mass is 35.5. The SMILES string of the molecule is CC1=C(c2nc(-c3cccs3)no2)C(c2ccc(C)c(C)c2)NC(=O)N1Cc1ccc(Cl)cc1. The van der Waals surface area contributed by atoms with Crippen LogP contribution in [0.2, 0.25) is 5.02 Å². The Bertz CT molecular complexity index is 1380. The van der Waals surface area contributed by atoms with Crippen molar-refractivity contribution in [2.75, 3.05) is 0 Å². The fourth-order valence-corrected chi connectivity index (χ4v) is 4.83. The second-order valence-electron chi connectivity index (χ2n) is 8.34. The summed E-state index contributed by atoms with van der Waals surface area (Å²) >= 11 is 7.59. The lowest BCUT2D eigenvalue weighted by molar-refractivity contribution is 0.203. The van der Waals surface area contributed by atoms with Crippen LogP contribution in [0.1, 0.15) is 41.1 Å². The Morgan fingerprint density at radius 3 is 2.59 bits per heavy atom. The number of aromatic nitrogens is 2. The second kappa shape index (κ2) is 9.08. The van der Waals surface area contributed by atoms with Gasteiger partial charge in [0, 0.05) is 10.7 Å². The maximum absolute atomic E-state index is 13.3. The van der Waals surface area contributed by atoms with Crippen molar-refractivity contribution in [3.05, 3.63) is 98.8 Å². The van der Waals surface area contributed by atoms with Gasteiger partial charge in [0.05, 0.1) is 23.0 Å². The number of nitrogens with one attached hydrogen (secondary N) is 1. The van der Waals surface area contributed by atoms with Crippen LogP contribution in [0.3, 0.4) is 0 Å². The molecule has 1 atom stereocenters. The second-order valence-corrected chi connectivity index (χ2v) is 9.72. The molecule has 0 radical (unpaired) electrons. The molecule has 5 rings (SSSR count). The number of carbonyl (C=O) groups is 1. The normalized spacial score (nSPS) is 16.2. The first-order valence-electron chi connectivity index (χ1n) is 10.9. The minimum Gasteiger partial charge on any atom is -0.334 e. The third-order valence-electron chi connectivity index (χ3n) is 6.11. The minimum absolute atomic E-state index is 0.183. The minimum atomic E-state index is -0.412. The van der Waals surface area contributed by atoms with E-state index in [4.69, 9.17) is 21.1 Å². The van der Waals surface area contributed by atoms with E-state index in [-0.39, 0.29) is 6.03 Å². The number of urea groups is 1. The zero-order chi connectivity index (χ0) is 23.8. The van der Waals surface area contributed by atoms with Crippen molar-refractivity contribution in [1.29, 1.82) is 0 Å². The zero-order valence-corrected chi connectivity index (χ0v) is 20.6. The largest absolute Gasteiger partial charge is 0.334 e. The molecular weight excluding hydrogens is 468 g/mol. The van der Waals surface area contributed by atoms with Gasteiger partial charge in [0.15, 0.2) is 0 Å². The number of aryl methyl sites for hydroxylation is 2. The quantitative estimate of drug-likeness (QED) is 0.335. The predicted molar refractivity (Wildman–Crippen MR) is 134 cm³/mol. The molecule has 4 aromatic rings. The van der Waals surface area contributed by atoms with Gasteiger partial charge in [-0.15, -0.1) is 11.3 Å². The van der Waals surface area contributed by atoms with Gasteiger partial charge in [0.25, 0.3) is 5.89 Å². The molecule has 8 heteroatoms. The van der Waals surface area contributed by atoms with Gasteiger partial charge in [-0.05, 0) is 66.6 Å². The fourth-order valence-electron chi connectivity index (χ4n) is 4.05. The van der Waals surface area contributed by atoms with Crippen LogP contribution in [0.25, 0.3) is 16.3 Å². The number of hydrogen-bond acceptors (Lipinski definition) is 5. The Balaban J connectivity index is 1.60. The van der Waals surface area contributed by atoms with Gasteiger partial charge in [-0.2, -0.15) is 4.98 Å². The summed E-state index contributed by atoms with van der Waals surface area (Å²) in [7, 11) is 0. The Morgan fingerprint density at radius 2 is 1.88 bits per heavy atom. The van der Waals surface area contributed by atoms with Gasteiger partial charge in [-0.1, -0.05) is 53.2 Å². The van der Waals surface area contributed by atoms with Gasteiger partial charge < -0.3 is 9.84 Å². The summed E-state index contributed by atoms with van der Waals surface area (Å²) in [6.45, 7) is 6.45. The van der Waals surface area contributed by atoms with Crippen LogP contribution < -0.4 is 5.32 Å². The number of halogens is 1. The first-order chi connectivity index (χ1) is 16.4. The van der Waals surface area contributed by atoms with Gasteiger partial charge in [0.1, 0.15) is 0 Å². The highest BCUT2D eigenvalue weighted by Gasteiger charge is 2.36. The van der Waals surface area contributed by atoms with Gasteiger partial charge in [0.2, 0.25) is 5.82 Å². The molecule has 0 saturated heterocycles. The van der Waals surface area contributed by atoms with Crippen molar-refractivity contribution in [2.45, 2.75) is 33.4 Å². The van der Waals surface area contributed by atoms with E-state index < -0.39 is 6.04 Å². The molecule has 1 unspecified atom stereocenters. The van der Waals surface area contributed by atoms with Crippen LogP contribution in [-0.4, -0.2) is 21.1 Å². The molecule has 172 valence electrons. The molecule has 0 aliphatic carbocycles. The number of rotatable bonds is 5. The molecule has 0 saturated carbocycles. The summed E-state index contributed by atoms with van der Waals surface area (Å²) in [6.07, 6.45) is 0. The smallest absolute Gasteiger partial charge is 0.322 e. The van der Waals surface area contributed by atoms with E-state index in [2.05, 4.69) is 36.5 Å². The summed E-state index contributed by atoms with van der Waals surface area (Å²) in [4.78, 5) is 20.6. The average Bonchev–Trinajstić information content (AvgIpc) is 3.51. The maximum atomic E-state index is 13.3. The molecule has 2 amide bonds. The Kier molecular flexibility index (Phi) is 5.98. The number of nitrogens with zero attached hydrogens (tertiary/aromatic N) is 3. The molecule has 1 N–H and O–H groups in total. The summed E-state index contributed by atoms with van der Waals surface area (Å²) in [6, 6.07) is 17.0. The molecule has 3 heterocycles. The van der Waals surface area contributed by atoms with Crippen molar-refractivity contribution in [1.82, 2.24) is 20.4 Å². The van der Waals surface area contributed by atoms with E-state index >= 15 is 0 Å². The van der Waals surface area contributed by atoms with Crippen LogP contribution in [0.5, 0.6) is 0 Å². The Hall–Kier alpha value is -3.42. The van der Waals surface area contributed by atoms with Crippen LogP contribution in [0, 0.1) is 13.8 Å². The van der Waals surface area contributed by atoms with Crippen molar-refractivity contribution in [3.63, 3.8) is 0 Å². The summed E-state index contributed by atoms with van der Waals surface area (Å²) in [5.41, 5.74) is 5.82. The van der Waals surface area contributed by atoms with E-state index in [1.165, 1.54) is 5.56 Å². The van der Waals surface area contributed by atoms with E-state index in [1.54, 1.807) is 16.2 Å². The molecule has 1 aliphatic rings. The van der Waals surface area contributed by atoms with Gasteiger partial charge in [-0.3, -0.25) is 4.90 Å². The third-order valence-corrected chi connectivity index (χ3v) is 7.23. The molecule has 1 aliphatic heterocycles. The molecule has 2 aromatic heterocycles. The summed E-state index contributed by atoms with van der Waals surface area (Å²) in [5, 5.41) is 10.0. The molecule has 2 aromatic carbocycles. The molecule has 0 spiro atoms. The first-order valence-corrected chi connectivity index (χ1v) is 12.1. The van der Waals surface area contributed by atoms with Crippen molar-refractivity contribution >= 4 is 34.5 Å². The molecule has 0 bridgehead atoms. The highest BCUT2D eigenvalue weighted by molar-refractivity contribution is 7.13. The molecule has 0 fully saturated rings. The van der Waals surface area contributed by atoms with Crippen LogP contribution in [-0.2, 0) is 6.54 Å². The first kappa shape index (κ1) is 22.4. The number of hydrogen-bond donors (Lipinski definition) is 1. The topological polar surface area (TPSA) is 71.3 Å². The number of allylic oxidation sites excluding steroid dienone is 1. The van der Waals surface area contributed by atoms with Gasteiger partial charge >= 0.3 is 6.03 Å². The van der Waals surface area contributed by atoms with Crippen LogP contribution >= 0.6 is 22.9 Å². The van der Waals surface area contributed by atoms with Crippen molar-refractivity contribution in [2.24, 2.45) is 0 Å². The highest BCUT2D eigenvalue weighted by Crippen LogP contribution is 2.38. The lowest BCUT2D eigenvalue weighted by atomic mass is 9.92. The molecular formula is C26H23ClN4O2S. The van der Waals surface area contributed by atoms with Crippen molar-refractivity contribution in [3.8, 4) is 10.7 Å². The average molecular weight is 491 g/mol. The van der Waals surface area contributed by atoms with Crippen molar-refractivity contribution < 1.29 is 9.32 Å². The number of carbonyl (C=O) groups excluding carboxylic acids is 1. The third kappa shape index (κ3) is 4.24. The van der Waals surface area contributed by atoms with Gasteiger partial charge in [-0.25, -0.2) is 4.79 Å². The van der Waals surface area contributed by atoms with E-state index in [0.29, 0.717) is 23.3 Å². The number of amides is 2. The lowest BCUT2D eigenvalue weighted by Crippen LogP contribution is -2.45. The molecule has 34 heavy (non-hydrogen) atoms. The molecule has 6 nitrogen and oxygen atoms in total. The van der Waals surface area contributed by atoms with E-state index in [9.17, 15) is 4.79 Å². The summed E-state index contributed by atoms with van der Waals surface area (Å²) < 4.78 is 5.75. The Morgan fingerprint density at radius 1 is 1.09 bits per heavy atom. The van der Waals surface area contributed by atoms with E-state index in [0.717, 1.165) is 32.8 Å². The number of benzene rings is 2. The standard InChI is InChI=1S/C26H23ClN4O2S/c1-15-6-9-19(13-16(15)2)23-22(25-29-24(30-33-25)21-5-4-12-34-21)17(3)31(26(32)28-23)14-18-7-10-20(27)11-8-18/h4-13,23H,14H2,1-3H3,(H,28,32). The number of thiophene rings is 1. The summed E-state index contributed by atoms with van der Waals surface area (Å²) in [5.74, 6) is 0.926. The lowest BCUT2D eigenvalue weighted by Gasteiger charge is -2.35. The fraction of sp³-hybridized carbons (Fsp3) is 0.192. The predicted octanol–water partition coefficient (Wildman–Crippen LogP) is 6.77. The monoisotopic (exact) mass is 490 g/mol. The van der Waals surface area contributed by atoms with Crippen LogP contribution in [0.15, 0.2) is 70.2 Å².